The Kier molecular flexibility index (Phi) is 4.62. The average Bonchev–Trinajstić information content (AvgIpc) is 3.33. The van der Waals surface area contributed by atoms with Gasteiger partial charge in [0.1, 0.15) is 11.2 Å². The monoisotopic (exact) mass is 425 g/mol. The van der Waals surface area contributed by atoms with Crippen LogP contribution in [0.2, 0.25) is 5.02 Å². The van der Waals surface area contributed by atoms with Crippen LogP contribution >= 0.6 is 11.6 Å². The quantitative estimate of drug-likeness (QED) is 0.658. The number of furan rings is 1. The lowest BCUT2D eigenvalue weighted by Crippen LogP contribution is -2.65. The Balaban J connectivity index is 1.59. The lowest BCUT2D eigenvalue weighted by molar-refractivity contribution is -0.127. The Bertz CT molecular complexity index is 1110. The number of anilines is 1. The van der Waals surface area contributed by atoms with Gasteiger partial charge in [-0.15, -0.1) is 0 Å². The summed E-state index contributed by atoms with van der Waals surface area (Å²) in [4.78, 5) is 28.9. The van der Waals surface area contributed by atoms with Gasteiger partial charge in [-0.3, -0.25) is 14.5 Å². The molecular weight excluding hydrogens is 402 g/mol. The van der Waals surface area contributed by atoms with Crippen LogP contribution in [0.5, 0.6) is 0 Å². The number of nitrogens with one attached hydrogen (secondary N) is 1. The Hall–Kier alpha value is -2.73. The Morgan fingerprint density at radius 1 is 1.17 bits per heavy atom. The van der Waals surface area contributed by atoms with Crippen molar-refractivity contribution < 1.29 is 14.0 Å². The van der Waals surface area contributed by atoms with E-state index in [1.807, 2.05) is 17.6 Å². The standard InChI is InChI=1S/C23H24ClN3O3/c1-23(22(29)25-16-5-3-2-4-6-16)14-26-18-11-12-30-20(18)13-19(26)21(28)27(23)17-9-7-15(24)8-10-17/h7-13,16H,2-6,14H2,1H3,(H,25,29). The third-order valence-electron chi connectivity index (χ3n) is 6.42. The predicted molar refractivity (Wildman–Crippen MR) is 116 cm³/mol. The molecule has 2 aromatic heterocycles. The number of rotatable bonds is 3. The Morgan fingerprint density at radius 2 is 1.90 bits per heavy atom. The summed E-state index contributed by atoms with van der Waals surface area (Å²) in [6.45, 7) is 2.19. The van der Waals surface area contributed by atoms with Crippen molar-refractivity contribution in [2.75, 3.05) is 4.90 Å². The Morgan fingerprint density at radius 3 is 2.63 bits per heavy atom. The normalized spacial score (nSPS) is 22.3. The van der Waals surface area contributed by atoms with E-state index in [0.29, 0.717) is 28.5 Å². The van der Waals surface area contributed by atoms with E-state index in [-0.39, 0.29) is 17.9 Å². The Labute approximate surface area is 179 Å². The van der Waals surface area contributed by atoms with Crippen molar-refractivity contribution in [3.63, 3.8) is 0 Å². The maximum Gasteiger partial charge on any atom is 0.276 e. The number of halogens is 1. The molecule has 2 amide bonds. The SMILES string of the molecule is CC1(C(=O)NC2CCCCC2)Cn2c(cc3occc32)C(=O)N1c1ccc(Cl)cc1. The number of aromatic nitrogens is 1. The van der Waals surface area contributed by atoms with Crippen LogP contribution in [-0.4, -0.2) is 28.0 Å². The van der Waals surface area contributed by atoms with Crippen molar-refractivity contribution in [1.82, 2.24) is 9.88 Å². The van der Waals surface area contributed by atoms with E-state index >= 15 is 0 Å². The number of carbonyl (C=O) groups excluding carboxylic acids is 2. The van der Waals surface area contributed by atoms with Gasteiger partial charge in [-0.05, 0) is 44.0 Å². The molecule has 1 N–H and O–H groups in total. The zero-order chi connectivity index (χ0) is 20.9. The second kappa shape index (κ2) is 7.20. The van der Waals surface area contributed by atoms with E-state index < -0.39 is 5.54 Å². The number of nitrogens with zero attached hydrogens (tertiary/aromatic N) is 2. The van der Waals surface area contributed by atoms with Crippen LogP contribution in [0.15, 0.2) is 47.1 Å². The zero-order valence-corrected chi connectivity index (χ0v) is 17.6. The first-order chi connectivity index (χ1) is 14.5. The molecule has 1 aliphatic heterocycles. The summed E-state index contributed by atoms with van der Waals surface area (Å²) in [7, 11) is 0. The molecule has 0 bridgehead atoms. The molecule has 2 aliphatic rings. The van der Waals surface area contributed by atoms with Crippen LogP contribution in [-0.2, 0) is 11.3 Å². The fourth-order valence-electron chi connectivity index (χ4n) is 4.80. The molecule has 1 atom stereocenters. The first-order valence-electron chi connectivity index (χ1n) is 10.5. The van der Waals surface area contributed by atoms with Gasteiger partial charge in [0, 0.05) is 28.9 Å². The summed E-state index contributed by atoms with van der Waals surface area (Å²) in [6, 6.07) is 10.8. The van der Waals surface area contributed by atoms with E-state index in [0.717, 1.165) is 31.2 Å². The van der Waals surface area contributed by atoms with Crippen molar-refractivity contribution in [1.29, 1.82) is 0 Å². The molecule has 3 aromatic rings. The summed E-state index contributed by atoms with van der Waals surface area (Å²) in [5.74, 6) is -0.357. The lowest BCUT2D eigenvalue weighted by atomic mass is 9.91. The maximum atomic E-state index is 13.6. The zero-order valence-electron chi connectivity index (χ0n) is 16.9. The highest BCUT2D eigenvalue weighted by Gasteiger charge is 2.49. The smallest absolute Gasteiger partial charge is 0.276 e. The summed E-state index contributed by atoms with van der Waals surface area (Å²) in [5, 5.41) is 3.81. The molecule has 1 saturated carbocycles. The van der Waals surface area contributed by atoms with Gasteiger partial charge in [0.2, 0.25) is 5.91 Å². The van der Waals surface area contributed by atoms with Gasteiger partial charge in [-0.25, -0.2) is 0 Å². The predicted octanol–water partition coefficient (Wildman–Crippen LogP) is 4.76. The number of amides is 2. The van der Waals surface area contributed by atoms with Gasteiger partial charge >= 0.3 is 0 Å². The minimum absolute atomic E-state index is 0.131. The fraction of sp³-hybridized carbons (Fsp3) is 0.391. The largest absolute Gasteiger partial charge is 0.463 e. The van der Waals surface area contributed by atoms with E-state index in [2.05, 4.69) is 5.32 Å². The molecule has 1 aliphatic carbocycles. The fourth-order valence-corrected chi connectivity index (χ4v) is 4.92. The first-order valence-corrected chi connectivity index (χ1v) is 10.8. The highest BCUT2D eigenvalue weighted by Crippen LogP contribution is 2.36. The third-order valence-corrected chi connectivity index (χ3v) is 6.67. The minimum Gasteiger partial charge on any atom is -0.463 e. The molecule has 30 heavy (non-hydrogen) atoms. The molecular formula is C23H24ClN3O3. The minimum atomic E-state index is -1.08. The molecule has 1 fully saturated rings. The first kappa shape index (κ1) is 19.2. The average molecular weight is 426 g/mol. The van der Waals surface area contributed by atoms with E-state index in [1.165, 1.54) is 6.42 Å². The number of hydrogen-bond acceptors (Lipinski definition) is 3. The van der Waals surface area contributed by atoms with E-state index in [1.54, 1.807) is 41.5 Å². The second-order valence-corrected chi connectivity index (χ2v) is 8.92. The highest BCUT2D eigenvalue weighted by molar-refractivity contribution is 6.30. The van der Waals surface area contributed by atoms with Crippen molar-refractivity contribution in [2.24, 2.45) is 0 Å². The van der Waals surface area contributed by atoms with Crippen LogP contribution < -0.4 is 10.2 Å². The molecule has 3 heterocycles. The number of benzene rings is 1. The topological polar surface area (TPSA) is 67.5 Å². The molecule has 7 heteroatoms. The van der Waals surface area contributed by atoms with Gasteiger partial charge in [0.05, 0.1) is 18.3 Å². The molecule has 5 rings (SSSR count). The third kappa shape index (κ3) is 3.01. The number of carbonyl (C=O) groups is 2. The molecule has 1 aromatic carbocycles. The van der Waals surface area contributed by atoms with E-state index in [9.17, 15) is 9.59 Å². The lowest BCUT2D eigenvalue weighted by Gasteiger charge is -2.44. The molecule has 0 spiro atoms. The second-order valence-electron chi connectivity index (χ2n) is 8.49. The molecule has 6 nitrogen and oxygen atoms in total. The van der Waals surface area contributed by atoms with Crippen molar-refractivity contribution >= 4 is 40.2 Å². The van der Waals surface area contributed by atoms with Crippen molar-refractivity contribution in [2.45, 2.75) is 57.2 Å². The molecule has 0 saturated heterocycles. The summed E-state index contributed by atoms with van der Waals surface area (Å²) in [6.07, 6.45) is 7.03. The highest BCUT2D eigenvalue weighted by atomic mass is 35.5. The molecule has 156 valence electrons. The van der Waals surface area contributed by atoms with Gasteiger partial charge < -0.3 is 14.3 Å². The van der Waals surface area contributed by atoms with Crippen LogP contribution in [0.4, 0.5) is 5.69 Å². The molecule has 1 unspecified atom stereocenters. The summed E-state index contributed by atoms with van der Waals surface area (Å²) >= 11 is 6.07. The van der Waals surface area contributed by atoms with Crippen LogP contribution in [0.25, 0.3) is 11.1 Å². The van der Waals surface area contributed by atoms with Crippen LogP contribution in [0, 0.1) is 0 Å². The van der Waals surface area contributed by atoms with Crippen LogP contribution in [0.1, 0.15) is 49.5 Å². The van der Waals surface area contributed by atoms with Gasteiger partial charge in [-0.1, -0.05) is 30.9 Å². The van der Waals surface area contributed by atoms with Crippen LogP contribution in [0.3, 0.4) is 0 Å². The number of hydrogen-bond donors (Lipinski definition) is 1. The van der Waals surface area contributed by atoms with Gasteiger partial charge in [0.25, 0.3) is 5.91 Å². The maximum absolute atomic E-state index is 13.6. The van der Waals surface area contributed by atoms with Crippen molar-refractivity contribution in [3.8, 4) is 0 Å². The summed E-state index contributed by atoms with van der Waals surface area (Å²) in [5.41, 5.74) is 1.55. The van der Waals surface area contributed by atoms with Crippen molar-refractivity contribution in [3.05, 3.63) is 53.4 Å². The van der Waals surface area contributed by atoms with Gasteiger partial charge in [-0.2, -0.15) is 0 Å². The van der Waals surface area contributed by atoms with Gasteiger partial charge in [0.15, 0.2) is 5.58 Å². The van der Waals surface area contributed by atoms with E-state index in [4.69, 9.17) is 16.0 Å². The summed E-state index contributed by atoms with van der Waals surface area (Å²) < 4.78 is 7.41. The number of fused-ring (bicyclic) bond motifs is 3. The molecule has 0 radical (unpaired) electrons.